The first kappa shape index (κ1) is 18.1. The smallest absolute Gasteiger partial charge is 0.243 e. The van der Waals surface area contributed by atoms with Crippen molar-refractivity contribution in [3.63, 3.8) is 0 Å². The Hall–Kier alpha value is -2.75. The second-order valence-corrected chi connectivity index (χ2v) is 8.01. The van der Waals surface area contributed by atoms with Crippen LogP contribution in [0.15, 0.2) is 59.5 Å². The first-order chi connectivity index (χ1) is 12.5. The Bertz CT molecular complexity index is 980. The normalized spacial score (nSPS) is 15.2. The van der Waals surface area contributed by atoms with Crippen LogP contribution >= 0.6 is 0 Å². The molecule has 132 valence electrons. The minimum absolute atomic E-state index is 0.210. The molecule has 0 amide bonds. The number of sulfonamides is 1. The number of rotatable bonds is 5. The van der Waals surface area contributed by atoms with Gasteiger partial charge in [0.15, 0.2) is 5.78 Å². The van der Waals surface area contributed by atoms with Gasteiger partial charge in [-0.3, -0.25) is 4.79 Å². The Morgan fingerprint density at radius 2 is 1.77 bits per heavy atom. The summed E-state index contributed by atoms with van der Waals surface area (Å²) in [5.41, 5.74) is 1.69. The van der Waals surface area contributed by atoms with E-state index < -0.39 is 10.0 Å². The number of hydrogen-bond acceptors (Lipinski definition) is 4. The van der Waals surface area contributed by atoms with Gasteiger partial charge in [-0.25, -0.2) is 8.42 Å². The van der Waals surface area contributed by atoms with Crippen LogP contribution in [-0.2, 0) is 10.0 Å². The van der Waals surface area contributed by atoms with Crippen molar-refractivity contribution < 1.29 is 13.2 Å². The number of hydrogen-bond donors (Lipinski definition) is 0. The lowest BCUT2D eigenvalue weighted by atomic mass is 10.1. The van der Waals surface area contributed by atoms with Gasteiger partial charge in [-0.2, -0.15) is 9.57 Å². The van der Waals surface area contributed by atoms with Crippen LogP contribution in [0.3, 0.4) is 0 Å². The molecule has 2 aromatic carbocycles. The summed E-state index contributed by atoms with van der Waals surface area (Å²) in [6.45, 7) is 1.10. The lowest BCUT2D eigenvalue weighted by Crippen LogP contribution is -2.27. The van der Waals surface area contributed by atoms with Gasteiger partial charge in [-0.05, 0) is 60.9 Å². The molecule has 0 N–H and O–H groups in total. The summed E-state index contributed by atoms with van der Waals surface area (Å²) in [7, 11) is -3.47. The zero-order chi connectivity index (χ0) is 18.6. The van der Waals surface area contributed by atoms with Gasteiger partial charge in [0.05, 0.1) is 16.5 Å². The molecule has 2 aromatic rings. The molecular weight excluding hydrogens is 348 g/mol. The third-order valence-corrected chi connectivity index (χ3v) is 6.20. The molecule has 0 aliphatic carbocycles. The maximum absolute atomic E-state index is 12.5. The minimum Gasteiger partial charge on any atom is -0.289 e. The monoisotopic (exact) mass is 366 g/mol. The molecule has 6 heteroatoms. The fourth-order valence-electron chi connectivity index (χ4n) is 2.85. The van der Waals surface area contributed by atoms with Gasteiger partial charge in [0.1, 0.15) is 0 Å². The van der Waals surface area contributed by atoms with Crippen molar-refractivity contribution in [3.8, 4) is 6.07 Å². The summed E-state index contributed by atoms with van der Waals surface area (Å²) in [6, 6.07) is 15.0. The third-order valence-electron chi connectivity index (χ3n) is 4.28. The molecule has 5 nitrogen and oxygen atoms in total. The van der Waals surface area contributed by atoms with Crippen LogP contribution in [0.2, 0.25) is 0 Å². The Labute approximate surface area is 153 Å². The van der Waals surface area contributed by atoms with E-state index in [9.17, 15) is 13.2 Å². The van der Waals surface area contributed by atoms with E-state index in [1.807, 2.05) is 0 Å². The van der Waals surface area contributed by atoms with E-state index in [1.165, 1.54) is 34.6 Å². The van der Waals surface area contributed by atoms with Gasteiger partial charge in [-0.1, -0.05) is 18.2 Å². The molecule has 26 heavy (non-hydrogen) atoms. The second kappa shape index (κ2) is 7.65. The molecular formula is C20H18N2O3S. The molecule has 0 saturated carbocycles. The summed E-state index contributed by atoms with van der Waals surface area (Å²) in [5, 5.41) is 8.89. The summed E-state index contributed by atoms with van der Waals surface area (Å²) in [5.74, 6) is -0.225. The van der Waals surface area contributed by atoms with E-state index >= 15 is 0 Å². The lowest BCUT2D eigenvalue weighted by molar-refractivity contribution is 0.104. The molecule has 0 unspecified atom stereocenters. The largest absolute Gasteiger partial charge is 0.289 e. The molecule has 0 bridgehead atoms. The fraction of sp³-hybridized carbons (Fsp3) is 0.200. The number of benzene rings is 2. The molecule has 0 radical (unpaired) electrons. The number of nitriles is 1. The van der Waals surface area contributed by atoms with Crippen LogP contribution in [0.4, 0.5) is 0 Å². The Morgan fingerprint density at radius 1 is 1.08 bits per heavy atom. The highest BCUT2D eigenvalue weighted by Gasteiger charge is 2.26. The zero-order valence-electron chi connectivity index (χ0n) is 14.1. The van der Waals surface area contributed by atoms with Gasteiger partial charge < -0.3 is 0 Å². The number of ketones is 1. The highest BCUT2D eigenvalue weighted by molar-refractivity contribution is 7.89. The Kier molecular flexibility index (Phi) is 5.31. The minimum atomic E-state index is -3.47. The van der Waals surface area contributed by atoms with Crippen molar-refractivity contribution in [2.45, 2.75) is 17.7 Å². The molecule has 1 aliphatic heterocycles. The van der Waals surface area contributed by atoms with E-state index in [-0.39, 0.29) is 10.7 Å². The molecule has 0 spiro atoms. The van der Waals surface area contributed by atoms with Gasteiger partial charge in [0.25, 0.3) is 0 Å². The predicted molar refractivity (Wildman–Crippen MR) is 99.0 cm³/mol. The van der Waals surface area contributed by atoms with Crippen molar-refractivity contribution in [3.05, 3.63) is 71.3 Å². The van der Waals surface area contributed by atoms with E-state index in [4.69, 9.17) is 5.26 Å². The first-order valence-corrected chi connectivity index (χ1v) is 9.77. The highest BCUT2D eigenvalue weighted by atomic mass is 32.2. The average molecular weight is 366 g/mol. The zero-order valence-corrected chi connectivity index (χ0v) is 14.9. The van der Waals surface area contributed by atoms with E-state index in [1.54, 1.807) is 30.3 Å². The van der Waals surface area contributed by atoms with Crippen LogP contribution in [0.5, 0.6) is 0 Å². The number of nitrogens with zero attached hydrogens (tertiary/aromatic N) is 2. The lowest BCUT2D eigenvalue weighted by Gasteiger charge is -2.15. The van der Waals surface area contributed by atoms with E-state index in [0.29, 0.717) is 24.2 Å². The molecule has 1 fully saturated rings. The van der Waals surface area contributed by atoms with Crippen molar-refractivity contribution >= 4 is 21.9 Å². The van der Waals surface area contributed by atoms with Crippen LogP contribution in [0.25, 0.3) is 6.08 Å². The Morgan fingerprint density at radius 3 is 2.42 bits per heavy atom. The third kappa shape index (κ3) is 3.90. The molecule has 0 atom stereocenters. The van der Waals surface area contributed by atoms with Crippen LogP contribution < -0.4 is 0 Å². The predicted octanol–water partition coefficient (Wildman–Crippen LogP) is 3.24. The number of allylic oxidation sites excluding steroid dienone is 1. The van der Waals surface area contributed by atoms with Crippen molar-refractivity contribution in [1.29, 1.82) is 5.26 Å². The van der Waals surface area contributed by atoms with Crippen molar-refractivity contribution in [2.75, 3.05) is 13.1 Å². The van der Waals surface area contributed by atoms with Gasteiger partial charge in [0.2, 0.25) is 10.0 Å². The highest BCUT2D eigenvalue weighted by Crippen LogP contribution is 2.21. The summed E-state index contributed by atoms with van der Waals surface area (Å²) in [6.07, 6.45) is 4.82. The van der Waals surface area contributed by atoms with Gasteiger partial charge in [0, 0.05) is 18.7 Å². The number of carbonyl (C=O) groups excluding carboxylic acids is 1. The van der Waals surface area contributed by atoms with Crippen LogP contribution in [0, 0.1) is 11.3 Å². The first-order valence-electron chi connectivity index (χ1n) is 8.33. The SMILES string of the molecule is N#Cc1cccc(/C=C/C(=O)c2ccc(S(=O)(=O)N3CCCC3)cc2)c1. The maximum Gasteiger partial charge on any atom is 0.243 e. The maximum atomic E-state index is 12.5. The summed E-state index contributed by atoms with van der Waals surface area (Å²) < 4.78 is 26.5. The summed E-state index contributed by atoms with van der Waals surface area (Å²) in [4.78, 5) is 12.5. The molecule has 1 heterocycles. The standard InChI is InChI=1S/C20H18N2O3S/c21-15-17-5-3-4-16(14-17)6-11-20(23)18-7-9-19(10-8-18)26(24,25)22-12-1-2-13-22/h3-11,14H,1-2,12-13H2/b11-6+. The quantitative estimate of drug-likeness (QED) is 0.601. The molecule has 1 aliphatic rings. The number of carbonyl (C=O) groups is 1. The summed E-state index contributed by atoms with van der Waals surface area (Å²) >= 11 is 0. The van der Waals surface area contributed by atoms with E-state index in [2.05, 4.69) is 6.07 Å². The van der Waals surface area contributed by atoms with Crippen LogP contribution in [-0.4, -0.2) is 31.6 Å². The van der Waals surface area contributed by atoms with Gasteiger partial charge >= 0.3 is 0 Å². The fourth-order valence-corrected chi connectivity index (χ4v) is 4.37. The van der Waals surface area contributed by atoms with Crippen molar-refractivity contribution in [2.24, 2.45) is 0 Å². The Balaban J connectivity index is 1.74. The van der Waals surface area contributed by atoms with Gasteiger partial charge in [-0.15, -0.1) is 0 Å². The second-order valence-electron chi connectivity index (χ2n) is 6.07. The topological polar surface area (TPSA) is 78.2 Å². The average Bonchev–Trinajstić information content (AvgIpc) is 3.22. The van der Waals surface area contributed by atoms with E-state index in [0.717, 1.165) is 18.4 Å². The molecule has 1 saturated heterocycles. The molecule has 0 aromatic heterocycles. The van der Waals surface area contributed by atoms with Crippen LogP contribution in [0.1, 0.15) is 34.3 Å². The molecule has 3 rings (SSSR count). The van der Waals surface area contributed by atoms with Crippen molar-refractivity contribution in [1.82, 2.24) is 4.31 Å².